The highest BCUT2D eigenvalue weighted by molar-refractivity contribution is 7.89. The Morgan fingerprint density at radius 3 is 2.22 bits per heavy atom. The number of halogens is 1. The number of sulfonamides is 1. The van der Waals surface area contributed by atoms with E-state index in [4.69, 9.17) is 26.6 Å². The summed E-state index contributed by atoms with van der Waals surface area (Å²) in [5.41, 5.74) is 4.66. The van der Waals surface area contributed by atoms with E-state index in [1.54, 1.807) is 12.1 Å². The van der Waals surface area contributed by atoms with Gasteiger partial charge in [-0.2, -0.15) is 5.10 Å². The van der Waals surface area contributed by atoms with Crippen LogP contribution in [0.2, 0.25) is 5.02 Å². The summed E-state index contributed by atoms with van der Waals surface area (Å²) in [6.45, 7) is 0.498. The van der Waals surface area contributed by atoms with E-state index in [1.807, 2.05) is 83.9 Å². The van der Waals surface area contributed by atoms with Gasteiger partial charge >= 0.3 is 0 Å². The fourth-order valence-electron chi connectivity index (χ4n) is 4.18. The van der Waals surface area contributed by atoms with Gasteiger partial charge in [0.15, 0.2) is 0 Å². The number of anilines is 1. The first-order valence-corrected chi connectivity index (χ1v) is 13.3. The molecular weight excluding hydrogens is 494 g/mol. The van der Waals surface area contributed by atoms with Crippen molar-refractivity contribution in [1.29, 1.82) is 0 Å². The molecule has 0 aliphatic carbocycles. The smallest absolute Gasteiger partial charge is 0.238 e. The Morgan fingerprint density at radius 2 is 1.56 bits per heavy atom. The molecule has 5 rings (SSSR count). The molecule has 0 fully saturated rings. The summed E-state index contributed by atoms with van der Waals surface area (Å²) in [7, 11) is -3.78. The van der Waals surface area contributed by atoms with E-state index in [2.05, 4.69) is 0 Å². The molecule has 0 radical (unpaired) electrons. The van der Waals surface area contributed by atoms with E-state index in [9.17, 15) is 8.42 Å². The average molecular weight is 518 g/mol. The third kappa shape index (κ3) is 5.28. The molecule has 0 spiro atoms. The molecule has 1 aliphatic heterocycles. The van der Waals surface area contributed by atoms with Gasteiger partial charge in [-0.3, -0.25) is 5.01 Å². The SMILES string of the molecule is NS(=O)(=O)c1ccc(N2N=C(c3ccc(OCc4ccccc4)cc3)CC2c2ccccc2Cl)cc1. The monoisotopic (exact) mass is 517 g/mol. The highest BCUT2D eigenvalue weighted by Crippen LogP contribution is 2.39. The molecule has 4 aromatic carbocycles. The van der Waals surface area contributed by atoms with Crippen molar-refractivity contribution in [3.05, 3.63) is 125 Å². The number of hydrazone groups is 1. The van der Waals surface area contributed by atoms with E-state index < -0.39 is 10.0 Å². The van der Waals surface area contributed by atoms with E-state index in [1.165, 1.54) is 12.1 Å². The van der Waals surface area contributed by atoms with Gasteiger partial charge in [0.05, 0.1) is 22.3 Å². The lowest BCUT2D eigenvalue weighted by Crippen LogP contribution is -2.19. The second kappa shape index (κ2) is 10.1. The van der Waals surface area contributed by atoms with E-state index in [-0.39, 0.29) is 10.9 Å². The molecule has 1 heterocycles. The summed E-state index contributed by atoms with van der Waals surface area (Å²) in [5, 5.41) is 12.7. The molecule has 0 saturated carbocycles. The summed E-state index contributed by atoms with van der Waals surface area (Å²) in [6.07, 6.45) is 0.630. The van der Waals surface area contributed by atoms with Crippen molar-refractivity contribution >= 4 is 33.0 Å². The summed E-state index contributed by atoms with van der Waals surface area (Å²) in [4.78, 5) is 0.0510. The molecule has 182 valence electrons. The minimum Gasteiger partial charge on any atom is -0.489 e. The maximum Gasteiger partial charge on any atom is 0.238 e. The van der Waals surface area contributed by atoms with Crippen molar-refractivity contribution in [3.8, 4) is 5.75 Å². The molecule has 2 N–H and O–H groups in total. The van der Waals surface area contributed by atoms with Crippen LogP contribution >= 0.6 is 11.6 Å². The van der Waals surface area contributed by atoms with Crippen LogP contribution in [0.25, 0.3) is 0 Å². The topological polar surface area (TPSA) is 85.0 Å². The molecule has 0 bridgehead atoms. The molecule has 8 heteroatoms. The van der Waals surface area contributed by atoms with Crippen LogP contribution in [0.3, 0.4) is 0 Å². The van der Waals surface area contributed by atoms with Gasteiger partial charge in [-0.15, -0.1) is 0 Å². The molecule has 6 nitrogen and oxygen atoms in total. The molecular formula is C28H24ClN3O3S. The first-order chi connectivity index (χ1) is 17.4. The molecule has 1 aliphatic rings. The Hall–Kier alpha value is -3.65. The minimum atomic E-state index is -3.78. The van der Waals surface area contributed by atoms with Gasteiger partial charge in [0.25, 0.3) is 0 Å². The van der Waals surface area contributed by atoms with Gasteiger partial charge in [-0.05, 0) is 71.3 Å². The zero-order chi connectivity index (χ0) is 25.1. The molecule has 0 aromatic heterocycles. The predicted molar refractivity (Wildman–Crippen MR) is 143 cm³/mol. The fraction of sp³-hybridized carbons (Fsp3) is 0.107. The van der Waals surface area contributed by atoms with Crippen LogP contribution in [-0.2, 0) is 16.6 Å². The summed E-state index contributed by atoms with van der Waals surface area (Å²) in [5.74, 6) is 0.777. The summed E-state index contributed by atoms with van der Waals surface area (Å²) < 4.78 is 29.3. The number of nitrogens with two attached hydrogens (primary N) is 1. The number of rotatable bonds is 7. The molecule has 0 saturated heterocycles. The lowest BCUT2D eigenvalue weighted by atomic mass is 9.98. The average Bonchev–Trinajstić information content (AvgIpc) is 3.33. The Bertz CT molecular complexity index is 1490. The van der Waals surface area contributed by atoms with Crippen LogP contribution in [0, 0.1) is 0 Å². The number of benzene rings is 4. The van der Waals surface area contributed by atoms with E-state index in [0.29, 0.717) is 18.1 Å². The van der Waals surface area contributed by atoms with Crippen molar-refractivity contribution < 1.29 is 13.2 Å². The first kappa shape index (κ1) is 24.1. The first-order valence-electron chi connectivity index (χ1n) is 11.4. The molecule has 1 unspecified atom stereocenters. The fourth-order valence-corrected chi connectivity index (χ4v) is 4.96. The van der Waals surface area contributed by atoms with Gasteiger partial charge < -0.3 is 4.74 Å². The normalized spacial score (nSPS) is 15.6. The van der Waals surface area contributed by atoms with Crippen LogP contribution in [-0.4, -0.2) is 14.1 Å². The maximum absolute atomic E-state index is 11.7. The van der Waals surface area contributed by atoms with Gasteiger partial charge in [-0.25, -0.2) is 13.6 Å². The lowest BCUT2D eigenvalue weighted by Gasteiger charge is -2.24. The van der Waals surface area contributed by atoms with Crippen LogP contribution in [0.5, 0.6) is 5.75 Å². The molecule has 1 atom stereocenters. The van der Waals surface area contributed by atoms with Crippen molar-refractivity contribution in [2.45, 2.75) is 24.0 Å². The van der Waals surface area contributed by atoms with Crippen molar-refractivity contribution in [2.24, 2.45) is 10.2 Å². The van der Waals surface area contributed by atoms with Gasteiger partial charge in [0, 0.05) is 11.4 Å². The van der Waals surface area contributed by atoms with Crippen LogP contribution < -0.4 is 14.9 Å². The third-order valence-corrected chi connectivity index (χ3v) is 7.31. The van der Waals surface area contributed by atoms with Crippen molar-refractivity contribution in [1.82, 2.24) is 0 Å². The van der Waals surface area contributed by atoms with Gasteiger partial charge in [0.2, 0.25) is 10.0 Å². The Balaban J connectivity index is 1.42. The molecule has 0 amide bonds. The lowest BCUT2D eigenvalue weighted by molar-refractivity contribution is 0.306. The second-order valence-corrected chi connectivity index (χ2v) is 10.4. The van der Waals surface area contributed by atoms with Crippen LogP contribution in [0.15, 0.2) is 113 Å². The zero-order valence-electron chi connectivity index (χ0n) is 19.3. The van der Waals surface area contributed by atoms with Gasteiger partial charge in [-0.1, -0.05) is 60.1 Å². The standard InChI is InChI=1S/C28H24ClN3O3S/c29-26-9-5-4-8-25(26)28-18-27(31-32(28)22-12-16-24(17-13-22)36(30,33)34)21-10-14-23(15-11-21)35-19-20-6-2-1-3-7-20/h1-17,28H,18-19H2,(H2,30,33,34). The third-order valence-electron chi connectivity index (χ3n) is 6.04. The van der Waals surface area contributed by atoms with Crippen molar-refractivity contribution in [3.63, 3.8) is 0 Å². The number of hydrogen-bond donors (Lipinski definition) is 1. The zero-order valence-corrected chi connectivity index (χ0v) is 20.9. The quantitative estimate of drug-likeness (QED) is 0.329. The summed E-state index contributed by atoms with van der Waals surface area (Å²) in [6, 6.07) is 31.8. The molecule has 4 aromatic rings. The Morgan fingerprint density at radius 1 is 0.889 bits per heavy atom. The number of primary sulfonamides is 1. The molecule has 36 heavy (non-hydrogen) atoms. The highest BCUT2D eigenvalue weighted by Gasteiger charge is 2.31. The van der Waals surface area contributed by atoms with Crippen LogP contribution in [0.1, 0.15) is 29.2 Å². The Kier molecular flexibility index (Phi) is 6.78. The van der Waals surface area contributed by atoms with Crippen molar-refractivity contribution in [2.75, 3.05) is 5.01 Å². The minimum absolute atomic E-state index is 0.0510. The van der Waals surface area contributed by atoms with E-state index >= 15 is 0 Å². The number of hydrogen-bond acceptors (Lipinski definition) is 5. The second-order valence-electron chi connectivity index (χ2n) is 8.47. The maximum atomic E-state index is 11.7. The predicted octanol–water partition coefficient (Wildman–Crippen LogP) is 5.92. The van der Waals surface area contributed by atoms with Crippen LogP contribution in [0.4, 0.5) is 5.69 Å². The summed E-state index contributed by atoms with van der Waals surface area (Å²) >= 11 is 6.55. The van der Waals surface area contributed by atoms with Gasteiger partial charge in [0.1, 0.15) is 12.4 Å². The number of ether oxygens (including phenoxy) is 1. The Labute approximate surface area is 215 Å². The highest BCUT2D eigenvalue weighted by atomic mass is 35.5. The number of nitrogens with zero attached hydrogens (tertiary/aromatic N) is 2. The largest absolute Gasteiger partial charge is 0.489 e. The van der Waals surface area contributed by atoms with E-state index in [0.717, 1.165) is 33.8 Å².